The Morgan fingerprint density at radius 2 is 1.09 bits per heavy atom. The van der Waals surface area contributed by atoms with Crippen molar-refractivity contribution in [2.45, 2.75) is 95.0 Å². The largest absolute Gasteiger partial charge is 1.00 e. The van der Waals surface area contributed by atoms with Crippen molar-refractivity contribution >= 4 is 3.21 Å². The number of fused-ring (bicyclic) bond motifs is 3. The molecule has 2 aliphatic carbocycles. The molecule has 0 unspecified atom stereocenters. The summed E-state index contributed by atoms with van der Waals surface area (Å²) in [6, 6.07) is 44.3. The van der Waals surface area contributed by atoms with Crippen molar-refractivity contribution < 1.29 is 46.1 Å². The fourth-order valence-electron chi connectivity index (χ4n) is 8.42. The van der Waals surface area contributed by atoms with Gasteiger partial charge in [0.15, 0.2) is 0 Å². The van der Waals surface area contributed by atoms with Crippen LogP contribution in [0.1, 0.15) is 106 Å². The van der Waals surface area contributed by atoms with Crippen LogP contribution >= 0.6 is 0 Å². The number of rotatable bonds is 9. The first-order valence-corrected chi connectivity index (χ1v) is 23.0. The Hall–Kier alpha value is -3.09. The third-order valence-corrected chi connectivity index (χ3v) is 19.4. The molecule has 0 aliphatic heterocycles. The molecule has 0 nitrogen and oxygen atoms in total. The van der Waals surface area contributed by atoms with Gasteiger partial charge in [-0.15, -0.1) is 0 Å². The molecule has 0 heterocycles. The molecule has 0 aromatic heterocycles. The van der Waals surface area contributed by atoms with Crippen molar-refractivity contribution in [1.82, 2.24) is 0 Å². The maximum absolute atomic E-state index is 2.67. The van der Waals surface area contributed by atoms with E-state index in [1.165, 1.54) is 69.3 Å². The third-order valence-electron chi connectivity index (χ3n) is 11.0. The van der Waals surface area contributed by atoms with Crippen molar-refractivity contribution in [1.29, 1.82) is 0 Å². The number of allylic oxidation sites excluding steroid dienone is 4. The van der Waals surface area contributed by atoms with Crippen LogP contribution in [-0.4, -0.2) is 3.21 Å². The van der Waals surface area contributed by atoms with Gasteiger partial charge in [0.05, 0.1) is 0 Å². The molecule has 5 aromatic rings. The maximum atomic E-state index is 2.67. The van der Waals surface area contributed by atoms with Crippen molar-refractivity contribution in [3.05, 3.63) is 165 Å². The summed E-state index contributed by atoms with van der Waals surface area (Å²) in [5, 5.41) is 0. The molecule has 272 valence electrons. The summed E-state index contributed by atoms with van der Waals surface area (Å²) < 4.78 is 4.05. The summed E-state index contributed by atoms with van der Waals surface area (Å²) in [6.07, 6.45) is 13.2. The van der Waals surface area contributed by atoms with E-state index in [4.69, 9.17) is 0 Å². The minimum atomic E-state index is -2.62. The Labute approximate surface area is 339 Å². The monoisotopic (exact) mass is 814 g/mol. The van der Waals surface area contributed by atoms with Gasteiger partial charge in [-0.1, -0.05) is 0 Å². The van der Waals surface area contributed by atoms with Crippen molar-refractivity contribution in [3.8, 4) is 33.4 Å². The van der Waals surface area contributed by atoms with Gasteiger partial charge < -0.3 is 24.8 Å². The van der Waals surface area contributed by atoms with E-state index in [-0.39, 0.29) is 35.6 Å². The number of benzene rings is 5. The second-order valence-corrected chi connectivity index (χ2v) is 23.5. The fourth-order valence-corrected chi connectivity index (χ4v) is 17.7. The summed E-state index contributed by atoms with van der Waals surface area (Å²) in [4.78, 5) is 0. The van der Waals surface area contributed by atoms with Crippen LogP contribution in [0.5, 0.6) is 0 Å². The van der Waals surface area contributed by atoms with Crippen LogP contribution in [-0.2, 0) is 38.5 Å². The topological polar surface area (TPSA) is 0 Å². The van der Waals surface area contributed by atoms with Crippen LogP contribution in [0.4, 0.5) is 0 Å². The molecule has 2 aliphatic rings. The van der Waals surface area contributed by atoms with Crippen molar-refractivity contribution in [2.75, 3.05) is 0 Å². The van der Waals surface area contributed by atoms with E-state index in [9.17, 15) is 0 Å². The summed E-state index contributed by atoms with van der Waals surface area (Å²) >= 11 is -2.62. The molecular formula is C50H54Cl2Zr. The minimum Gasteiger partial charge on any atom is -1.00 e. The van der Waals surface area contributed by atoms with Crippen molar-refractivity contribution in [2.24, 2.45) is 0 Å². The van der Waals surface area contributed by atoms with E-state index in [1.807, 2.05) is 3.21 Å². The minimum absolute atomic E-state index is 0. The predicted octanol–water partition coefficient (Wildman–Crippen LogP) is 7.76. The van der Waals surface area contributed by atoms with Gasteiger partial charge in [-0.05, 0) is 0 Å². The molecular weight excluding hydrogens is 763 g/mol. The summed E-state index contributed by atoms with van der Waals surface area (Å²) in [5.41, 5.74) is 15.9. The molecule has 0 saturated heterocycles. The molecule has 0 fully saturated rings. The molecule has 7 rings (SSSR count). The average Bonchev–Trinajstić information content (AvgIpc) is 3.77. The summed E-state index contributed by atoms with van der Waals surface area (Å²) in [7, 11) is 0. The fraction of sp³-hybridized carbons (Fsp3) is 0.300. The Bertz CT molecular complexity index is 2020. The van der Waals surface area contributed by atoms with Crippen molar-refractivity contribution in [3.63, 3.8) is 0 Å². The van der Waals surface area contributed by atoms with Gasteiger partial charge in [0.25, 0.3) is 0 Å². The van der Waals surface area contributed by atoms with Crippen LogP contribution in [0, 0.1) is 0 Å². The molecule has 0 bridgehead atoms. The van der Waals surface area contributed by atoms with E-state index in [1.54, 1.807) is 14.4 Å². The third kappa shape index (κ3) is 8.60. The molecule has 53 heavy (non-hydrogen) atoms. The standard InChI is InChI=1S/C33H33.C12H16.C5H5.2ClH.Zr/c1-32(2,3)30-20-26-24(18-28(30)22-13-9-7-10-14-22)17-25-19-29(23-15-11-8-12-16-23)31(21-27(25)26)33(4,5)6;1-2-3-4-6-9-12-10-7-5-8-11-12;1-2-4-5-3-1;;;/h7-21H,1-6H3;5,7-8,10-11H,2-4,9H2,1H3;1-3H,4H2;2*1H;/q;;;;;+2/p-2. The smallest absolute Gasteiger partial charge is 1.00 e. The number of halogens is 2. The van der Waals surface area contributed by atoms with Gasteiger partial charge in [-0.2, -0.15) is 0 Å². The summed E-state index contributed by atoms with van der Waals surface area (Å²) in [5.74, 6) is 0. The predicted molar refractivity (Wildman–Crippen MR) is 219 cm³/mol. The van der Waals surface area contributed by atoms with Gasteiger partial charge in [-0.3, -0.25) is 0 Å². The van der Waals surface area contributed by atoms with Crippen LogP contribution < -0.4 is 24.8 Å². The normalized spacial score (nSPS) is 13.8. The first-order valence-electron chi connectivity index (χ1n) is 19.1. The van der Waals surface area contributed by atoms with E-state index in [0.29, 0.717) is 3.63 Å². The SMILES string of the molecule is CCCC/[C](Cc1ccccc1)=[Zr+2](/[C]1=CC=CC1)[CH]1c2cc(-c3ccccc3)c(C(C)(C)C)cc2-c2cc(C(C)(C)C)c(-c3ccccc3)cc21.[Cl-].[Cl-]. The van der Waals surface area contributed by atoms with Crippen LogP contribution in [0.2, 0.25) is 0 Å². The Morgan fingerprint density at radius 1 is 0.623 bits per heavy atom. The van der Waals surface area contributed by atoms with Crippen LogP contribution in [0.25, 0.3) is 33.4 Å². The molecule has 3 heteroatoms. The van der Waals surface area contributed by atoms with E-state index in [2.05, 4.69) is 182 Å². The van der Waals surface area contributed by atoms with Crippen LogP contribution in [0.3, 0.4) is 0 Å². The van der Waals surface area contributed by atoms with Gasteiger partial charge in [0, 0.05) is 0 Å². The van der Waals surface area contributed by atoms with E-state index < -0.39 is 21.3 Å². The average molecular weight is 817 g/mol. The Kier molecular flexibility index (Phi) is 13.3. The second kappa shape index (κ2) is 17.2. The second-order valence-electron chi connectivity index (χ2n) is 16.7. The van der Waals surface area contributed by atoms with Gasteiger partial charge in [0.2, 0.25) is 0 Å². The van der Waals surface area contributed by atoms with Gasteiger partial charge >= 0.3 is 317 Å². The molecule has 0 spiro atoms. The zero-order chi connectivity index (χ0) is 35.8. The molecule has 0 amide bonds. The Morgan fingerprint density at radius 3 is 1.51 bits per heavy atom. The first-order chi connectivity index (χ1) is 24.5. The summed E-state index contributed by atoms with van der Waals surface area (Å²) in [6.45, 7) is 16.7. The molecule has 0 N–H and O–H groups in total. The number of unbranched alkanes of at least 4 members (excludes halogenated alkanes) is 1. The molecule has 5 aromatic carbocycles. The van der Waals surface area contributed by atoms with Gasteiger partial charge in [0.1, 0.15) is 0 Å². The van der Waals surface area contributed by atoms with Crippen LogP contribution in [0.15, 0.2) is 137 Å². The number of hydrogen-bond donors (Lipinski definition) is 0. The Balaban J connectivity index is 0.00000271. The first kappa shape index (κ1) is 41.1. The van der Waals surface area contributed by atoms with Gasteiger partial charge in [-0.25, -0.2) is 0 Å². The van der Waals surface area contributed by atoms with E-state index in [0.717, 1.165) is 12.8 Å². The molecule has 0 saturated carbocycles. The molecule has 0 radical (unpaired) electrons. The zero-order valence-corrected chi connectivity index (χ0v) is 36.5. The number of hydrogen-bond acceptors (Lipinski definition) is 0. The quantitative estimate of drug-likeness (QED) is 0.143. The molecule has 0 atom stereocenters. The zero-order valence-electron chi connectivity index (χ0n) is 32.6. The maximum Gasteiger partial charge on any atom is -1.00 e. The van der Waals surface area contributed by atoms with E-state index >= 15 is 0 Å².